The topological polar surface area (TPSA) is 6.48 Å². The van der Waals surface area contributed by atoms with Gasteiger partial charge >= 0.3 is 0 Å². The van der Waals surface area contributed by atoms with Crippen LogP contribution in [0.4, 0.5) is 0 Å². The van der Waals surface area contributed by atoms with Crippen molar-refractivity contribution in [3.05, 3.63) is 0 Å². The average Bonchev–Trinajstić information content (AvgIpc) is 1.73. The van der Waals surface area contributed by atoms with Crippen molar-refractivity contribution < 1.29 is 0 Å². The summed E-state index contributed by atoms with van der Waals surface area (Å²) in [7, 11) is 2.31. The summed E-state index contributed by atoms with van der Waals surface area (Å²) in [5.41, 5.74) is 0.372. The molecule has 0 spiro atoms. The van der Waals surface area contributed by atoms with Crippen molar-refractivity contribution in [2.75, 3.05) is 20.1 Å². The normalized spacial score (nSPS) is 26.4. The average molecular weight is 196 g/mol. The molecular formula is C12H24N2. The van der Waals surface area contributed by atoms with E-state index < -0.39 is 0 Å². The smallest absolute Gasteiger partial charge is 0.0350 e. The second-order valence-corrected chi connectivity index (χ2v) is 5.98. The molecule has 1 aliphatic heterocycles. The molecule has 2 nitrogen and oxygen atoms in total. The first-order valence-corrected chi connectivity index (χ1v) is 5.95. The van der Waals surface area contributed by atoms with Crippen molar-refractivity contribution in [1.29, 1.82) is 0 Å². The molecule has 1 saturated heterocycles. The maximum Gasteiger partial charge on any atom is 0.0350 e. The molecule has 1 saturated carbocycles. The number of hydrogen-bond donors (Lipinski definition) is 0. The van der Waals surface area contributed by atoms with Gasteiger partial charge in [-0.05, 0) is 40.7 Å². The van der Waals surface area contributed by atoms with Crippen LogP contribution in [0.2, 0.25) is 0 Å². The Kier molecular flexibility index (Phi) is 2.61. The Morgan fingerprint density at radius 2 is 1.64 bits per heavy atom. The standard InChI is InChI=1S/C12H24N2/c1-12(2,3)14-8-11(9-14)13(4)10-6-5-7-10/h10-11H,5-9H2,1-4H3. The molecule has 0 amide bonds. The van der Waals surface area contributed by atoms with Crippen LogP contribution in [0.1, 0.15) is 40.0 Å². The Bertz CT molecular complexity index is 197. The summed E-state index contributed by atoms with van der Waals surface area (Å²) in [6, 6.07) is 1.74. The molecule has 0 atom stereocenters. The molecule has 0 aromatic rings. The van der Waals surface area contributed by atoms with E-state index in [9.17, 15) is 0 Å². The minimum atomic E-state index is 0.372. The molecule has 2 heteroatoms. The fourth-order valence-electron chi connectivity index (χ4n) is 2.35. The van der Waals surface area contributed by atoms with Crippen molar-refractivity contribution in [1.82, 2.24) is 9.80 Å². The molecule has 0 N–H and O–H groups in total. The van der Waals surface area contributed by atoms with Gasteiger partial charge in [0.25, 0.3) is 0 Å². The fraction of sp³-hybridized carbons (Fsp3) is 1.00. The molecule has 0 bridgehead atoms. The summed E-state index contributed by atoms with van der Waals surface area (Å²) in [5.74, 6) is 0. The van der Waals surface area contributed by atoms with Gasteiger partial charge in [-0.2, -0.15) is 0 Å². The van der Waals surface area contributed by atoms with Crippen LogP contribution >= 0.6 is 0 Å². The van der Waals surface area contributed by atoms with Crippen LogP contribution in [0.25, 0.3) is 0 Å². The Morgan fingerprint density at radius 1 is 1.07 bits per heavy atom. The van der Waals surface area contributed by atoms with E-state index in [1.165, 1.54) is 32.4 Å². The third-order valence-corrected chi connectivity index (χ3v) is 4.04. The van der Waals surface area contributed by atoms with E-state index in [1.807, 2.05) is 0 Å². The Hall–Kier alpha value is -0.0800. The number of likely N-dealkylation sites (N-methyl/N-ethyl adjacent to an activating group) is 1. The van der Waals surface area contributed by atoms with Crippen LogP contribution in [-0.2, 0) is 0 Å². The molecule has 2 aliphatic rings. The van der Waals surface area contributed by atoms with Gasteiger partial charge in [-0.25, -0.2) is 0 Å². The van der Waals surface area contributed by atoms with Crippen LogP contribution in [-0.4, -0.2) is 47.6 Å². The highest BCUT2D eigenvalue weighted by molar-refractivity contribution is 4.96. The third kappa shape index (κ3) is 1.82. The third-order valence-electron chi connectivity index (χ3n) is 4.04. The van der Waals surface area contributed by atoms with Crippen LogP contribution in [0.15, 0.2) is 0 Å². The fourth-order valence-corrected chi connectivity index (χ4v) is 2.35. The van der Waals surface area contributed by atoms with Crippen LogP contribution in [0, 0.1) is 0 Å². The summed E-state index contributed by atoms with van der Waals surface area (Å²) in [4.78, 5) is 5.19. The van der Waals surface area contributed by atoms with Gasteiger partial charge in [0.05, 0.1) is 0 Å². The molecule has 2 fully saturated rings. The second kappa shape index (κ2) is 3.49. The highest BCUT2D eigenvalue weighted by atomic mass is 15.3. The number of nitrogens with zero attached hydrogens (tertiary/aromatic N) is 2. The molecule has 82 valence electrons. The number of likely N-dealkylation sites (tertiary alicyclic amines) is 1. The van der Waals surface area contributed by atoms with E-state index in [2.05, 4.69) is 37.6 Å². The molecule has 1 heterocycles. The molecule has 1 aliphatic carbocycles. The monoisotopic (exact) mass is 196 g/mol. The van der Waals surface area contributed by atoms with E-state index in [1.54, 1.807) is 0 Å². The van der Waals surface area contributed by atoms with Gasteiger partial charge in [0.1, 0.15) is 0 Å². The zero-order valence-corrected chi connectivity index (χ0v) is 10.1. The zero-order valence-electron chi connectivity index (χ0n) is 10.1. The van der Waals surface area contributed by atoms with Crippen molar-refractivity contribution in [2.24, 2.45) is 0 Å². The SMILES string of the molecule is CN(C1CCC1)C1CN(C(C)(C)C)C1. The largest absolute Gasteiger partial charge is 0.298 e. The van der Waals surface area contributed by atoms with Gasteiger partial charge < -0.3 is 0 Å². The summed E-state index contributed by atoms with van der Waals surface area (Å²) < 4.78 is 0. The van der Waals surface area contributed by atoms with Gasteiger partial charge in [-0.15, -0.1) is 0 Å². The number of hydrogen-bond acceptors (Lipinski definition) is 2. The van der Waals surface area contributed by atoms with Crippen LogP contribution in [0.3, 0.4) is 0 Å². The van der Waals surface area contributed by atoms with Crippen molar-refractivity contribution >= 4 is 0 Å². The Morgan fingerprint density at radius 3 is 2.00 bits per heavy atom. The molecule has 0 aromatic carbocycles. The minimum absolute atomic E-state index is 0.372. The predicted molar refractivity (Wildman–Crippen MR) is 60.5 cm³/mol. The lowest BCUT2D eigenvalue weighted by atomic mass is 9.88. The summed E-state index contributed by atoms with van der Waals surface area (Å²) in [6.45, 7) is 9.48. The highest BCUT2D eigenvalue weighted by Gasteiger charge is 2.39. The molecule has 2 rings (SSSR count). The van der Waals surface area contributed by atoms with Gasteiger partial charge in [-0.3, -0.25) is 9.80 Å². The Labute approximate surface area is 88.3 Å². The lowest BCUT2D eigenvalue weighted by molar-refractivity contribution is -0.0393. The van der Waals surface area contributed by atoms with Crippen LogP contribution < -0.4 is 0 Å². The lowest BCUT2D eigenvalue weighted by Gasteiger charge is -2.53. The first-order chi connectivity index (χ1) is 6.48. The molecule has 14 heavy (non-hydrogen) atoms. The first-order valence-electron chi connectivity index (χ1n) is 5.95. The minimum Gasteiger partial charge on any atom is -0.298 e. The molecule has 0 unspecified atom stereocenters. The van der Waals surface area contributed by atoms with Gasteiger partial charge in [0.2, 0.25) is 0 Å². The summed E-state index contributed by atoms with van der Waals surface area (Å²) >= 11 is 0. The van der Waals surface area contributed by atoms with E-state index in [0.717, 1.165) is 12.1 Å². The van der Waals surface area contributed by atoms with E-state index in [4.69, 9.17) is 0 Å². The zero-order chi connectivity index (χ0) is 10.3. The highest BCUT2D eigenvalue weighted by Crippen LogP contribution is 2.30. The van der Waals surface area contributed by atoms with Crippen molar-refractivity contribution in [3.63, 3.8) is 0 Å². The first kappa shape index (κ1) is 10.4. The summed E-state index contributed by atoms with van der Waals surface area (Å²) in [5, 5.41) is 0. The van der Waals surface area contributed by atoms with Crippen molar-refractivity contribution in [3.8, 4) is 0 Å². The second-order valence-electron chi connectivity index (χ2n) is 5.98. The van der Waals surface area contributed by atoms with Gasteiger partial charge in [0.15, 0.2) is 0 Å². The predicted octanol–water partition coefficient (Wildman–Crippen LogP) is 1.95. The Balaban J connectivity index is 1.76. The molecule has 0 radical (unpaired) electrons. The molecule has 0 aromatic heterocycles. The quantitative estimate of drug-likeness (QED) is 0.666. The summed E-state index contributed by atoms with van der Waals surface area (Å²) in [6.07, 6.45) is 4.32. The van der Waals surface area contributed by atoms with Gasteiger partial charge in [-0.1, -0.05) is 6.42 Å². The van der Waals surface area contributed by atoms with E-state index in [-0.39, 0.29) is 0 Å². The molecular weight excluding hydrogens is 172 g/mol. The van der Waals surface area contributed by atoms with E-state index >= 15 is 0 Å². The van der Waals surface area contributed by atoms with Gasteiger partial charge in [0, 0.05) is 30.7 Å². The lowest BCUT2D eigenvalue weighted by Crippen LogP contribution is -2.65. The maximum atomic E-state index is 2.62. The van der Waals surface area contributed by atoms with Crippen molar-refractivity contribution in [2.45, 2.75) is 57.7 Å². The maximum absolute atomic E-state index is 2.62. The van der Waals surface area contributed by atoms with Crippen LogP contribution in [0.5, 0.6) is 0 Å². The van der Waals surface area contributed by atoms with E-state index in [0.29, 0.717) is 5.54 Å². The number of rotatable bonds is 2.